The van der Waals surface area contributed by atoms with Crippen molar-refractivity contribution in [1.82, 2.24) is 25.2 Å². The van der Waals surface area contributed by atoms with Crippen LogP contribution in [0.25, 0.3) is 22.5 Å². The number of hydrogen-bond donors (Lipinski definition) is 2. The molecule has 3 aromatic heterocycles. The highest BCUT2D eigenvalue weighted by molar-refractivity contribution is 6.01. The molecule has 1 amide bonds. The van der Waals surface area contributed by atoms with Crippen LogP contribution in [0.15, 0.2) is 30.6 Å². The highest BCUT2D eigenvalue weighted by Crippen LogP contribution is 2.45. The maximum Gasteiger partial charge on any atom is 0.433 e. The van der Waals surface area contributed by atoms with Crippen LogP contribution in [0.5, 0.6) is 0 Å². The number of aryl methyl sites for hydroxylation is 1. The van der Waals surface area contributed by atoms with Crippen LogP contribution in [0.2, 0.25) is 0 Å². The lowest BCUT2D eigenvalue weighted by Gasteiger charge is -2.46. The average Bonchev–Trinajstić information content (AvgIpc) is 3.06. The van der Waals surface area contributed by atoms with Gasteiger partial charge in [-0.2, -0.15) is 13.2 Å². The van der Waals surface area contributed by atoms with Crippen LogP contribution in [0.1, 0.15) is 32.9 Å². The van der Waals surface area contributed by atoms with Gasteiger partial charge in [0.1, 0.15) is 5.69 Å². The third-order valence-electron chi connectivity index (χ3n) is 6.97. The third kappa shape index (κ3) is 2.60. The van der Waals surface area contributed by atoms with Crippen molar-refractivity contribution in [3.05, 3.63) is 58.7 Å². The quantitative estimate of drug-likeness (QED) is 0.612. The van der Waals surface area contributed by atoms with E-state index in [0.717, 1.165) is 65.6 Å². The Bertz CT molecular complexity index is 1270. The molecule has 6 rings (SSSR count). The Hall–Kier alpha value is -3.20. The lowest BCUT2D eigenvalue weighted by molar-refractivity contribution is -0.141. The van der Waals surface area contributed by atoms with E-state index in [0.29, 0.717) is 17.8 Å². The highest BCUT2D eigenvalue weighted by Gasteiger charge is 2.49. The van der Waals surface area contributed by atoms with Gasteiger partial charge in [-0.15, -0.1) is 0 Å². The van der Waals surface area contributed by atoms with Gasteiger partial charge in [0.2, 0.25) is 0 Å². The standard InChI is InChI=1S/C23H20F3N5O/c1-31-19-14(18-20(31)22(9-27-10-22)11-30-21(18)32)4-2-12-7-28-16(6-15(12)19)13-3-5-17(29-8-13)23(24,25)26/h3,5-8,27H,2,4,9-11H2,1H3,(H,30,32). The predicted molar refractivity (Wildman–Crippen MR) is 111 cm³/mol. The summed E-state index contributed by atoms with van der Waals surface area (Å²) in [5.74, 6) is -0.0287. The summed E-state index contributed by atoms with van der Waals surface area (Å²) in [7, 11) is 2.01. The molecule has 6 nitrogen and oxygen atoms in total. The minimum Gasteiger partial charge on any atom is -0.351 e. The molecule has 164 valence electrons. The van der Waals surface area contributed by atoms with E-state index in [1.54, 1.807) is 6.20 Å². The Morgan fingerprint density at radius 3 is 2.56 bits per heavy atom. The van der Waals surface area contributed by atoms with Crippen molar-refractivity contribution >= 4 is 5.91 Å². The van der Waals surface area contributed by atoms with Crippen LogP contribution < -0.4 is 10.6 Å². The van der Waals surface area contributed by atoms with Gasteiger partial charge in [0.05, 0.1) is 22.4 Å². The maximum atomic E-state index is 12.9. The number of fused-ring (bicyclic) bond motifs is 6. The van der Waals surface area contributed by atoms with Gasteiger partial charge in [0.15, 0.2) is 0 Å². The molecule has 0 aromatic carbocycles. The molecular weight excluding hydrogens is 419 g/mol. The predicted octanol–water partition coefficient (Wildman–Crippen LogP) is 2.85. The minimum absolute atomic E-state index is 0.0287. The molecule has 0 bridgehead atoms. The van der Waals surface area contributed by atoms with Crippen LogP contribution in [0, 0.1) is 0 Å². The van der Waals surface area contributed by atoms with Gasteiger partial charge in [0, 0.05) is 55.9 Å². The van der Waals surface area contributed by atoms with Gasteiger partial charge in [-0.1, -0.05) is 0 Å². The fraction of sp³-hybridized carbons (Fsp3) is 0.348. The number of hydrogen-bond acceptors (Lipinski definition) is 4. The van der Waals surface area contributed by atoms with Crippen LogP contribution in [-0.4, -0.2) is 40.1 Å². The second-order valence-corrected chi connectivity index (χ2v) is 8.83. The molecule has 1 spiro atoms. The molecule has 0 radical (unpaired) electrons. The SMILES string of the molecule is Cn1c2c(c3c1C1(CNC1)CNC3=O)CCc1cnc(-c3ccc(C(F)(F)F)nc3)cc1-2. The van der Waals surface area contributed by atoms with Crippen LogP contribution >= 0.6 is 0 Å². The number of carbonyl (C=O) groups is 1. The summed E-state index contributed by atoms with van der Waals surface area (Å²) in [6, 6.07) is 4.28. The summed E-state index contributed by atoms with van der Waals surface area (Å²) >= 11 is 0. The van der Waals surface area contributed by atoms with Gasteiger partial charge in [0.25, 0.3) is 5.91 Å². The number of amides is 1. The lowest BCUT2D eigenvalue weighted by atomic mass is 9.74. The number of nitrogens with zero attached hydrogens (tertiary/aromatic N) is 3. The number of rotatable bonds is 1. The minimum atomic E-state index is -4.48. The van der Waals surface area contributed by atoms with Crippen molar-refractivity contribution in [2.24, 2.45) is 7.05 Å². The van der Waals surface area contributed by atoms with Gasteiger partial charge >= 0.3 is 6.18 Å². The third-order valence-corrected chi connectivity index (χ3v) is 6.97. The number of aromatic nitrogens is 3. The van der Waals surface area contributed by atoms with E-state index in [9.17, 15) is 18.0 Å². The Morgan fingerprint density at radius 2 is 1.91 bits per heavy atom. The molecule has 0 saturated carbocycles. The van der Waals surface area contributed by atoms with E-state index >= 15 is 0 Å². The second-order valence-electron chi connectivity index (χ2n) is 8.83. The molecule has 2 aliphatic heterocycles. The molecular formula is C23H20F3N5O. The molecule has 32 heavy (non-hydrogen) atoms. The second kappa shape index (κ2) is 6.41. The molecule has 1 saturated heterocycles. The first kappa shape index (κ1) is 19.5. The summed E-state index contributed by atoms with van der Waals surface area (Å²) in [6.45, 7) is 2.26. The number of alkyl halides is 3. The van der Waals surface area contributed by atoms with Gasteiger partial charge in [-0.05, 0) is 42.2 Å². The number of carbonyl (C=O) groups excluding carboxylic acids is 1. The van der Waals surface area contributed by atoms with Gasteiger partial charge in [-0.25, -0.2) is 0 Å². The fourth-order valence-electron chi connectivity index (χ4n) is 5.37. The number of nitrogens with one attached hydrogen (secondary N) is 2. The molecule has 3 aliphatic rings. The first-order valence-corrected chi connectivity index (χ1v) is 10.5. The van der Waals surface area contributed by atoms with Crippen LogP contribution in [0.3, 0.4) is 0 Å². The maximum absolute atomic E-state index is 12.9. The van der Waals surface area contributed by atoms with Crippen molar-refractivity contribution in [2.75, 3.05) is 19.6 Å². The van der Waals surface area contributed by atoms with Crippen molar-refractivity contribution in [1.29, 1.82) is 0 Å². The molecule has 0 unspecified atom stereocenters. The zero-order valence-electron chi connectivity index (χ0n) is 17.3. The van der Waals surface area contributed by atoms with E-state index in [1.807, 2.05) is 13.1 Å². The summed E-state index contributed by atoms with van der Waals surface area (Å²) in [5, 5.41) is 6.41. The van der Waals surface area contributed by atoms with E-state index in [-0.39, 0.29) is 11.3 Å². The Labute approximate surface area is 181 Å². The zero-order chi connectivity index (χ0) is 22.3. The van der Waals surface area contributed by atoms with Crippen LogP contribution in [0.4, 0.5) is 13.2 Å². The van der Waals surface area contributed by atoms with Crippen molar-refractivity contribution in [2.45, 2.75) is 24.4 Å². The normalized spacial score (nSPS) is 18.4. The number of pyridine rings is 2. The summed E-state index contributed by atoms with van der Waals surface area (Å²) < 4.78 is 40.8. The lowest BCUT2D eigenvalue weighted by Crippen LogP contribution is -2.65. The average molecular weight is 439 g/mol. The summed E-state index contributed by atoms with van der Waals surface area (Å²) in [4.78, 5) is 20.9. The van der Waals surface area contributed by atoms with Crippen molar-refractivity contribution in [3.8, 4) is 22.5 Å². The van der Waals surface area contributed by atoms with E-state index in [1.165, 1.54) is 12.3 Å². The topological polar surface area (TPSA) is 71.8 Å². The highest BCUT2D eigenvalue weighted by atomic mass is 19.4. The van der Waals surface area contributed by atoms with Gasteiger partial charge in [-0.3, -0.25) is 14.8 Å². The first-order valence-electron chi connectivity index (χ1n) is 10.5. The smallest absolute Gasteiger partial charge is 0.351 e. The van der Waals surface area contributed by atoms with Gasteiger partial charge < -0.3 is 15.2 Å². The van der Waals surface area contributed by atoms with E-state index in [2.05, 4.69) is 25.2 Å². The molecule has 3 aromatic rings. The Balaban J connectivity index is 1.49. The molecule has 5 heterocycles. The molecule has 9 heteroatoms. The monoisotopic (exact) mass is 439 g/mol. The number of halogens is 3. The molecule has 2 N–H and O–H groups in total. The fourth-order valence-corrected chi connectivity index (χ4v) is 5.37. The zero-order valence-corrected chi connectivity index (χ0v) is 17.3. The summed E-state index contributed by atoms with van der Waals surface area (Å²) in [6.07, 6.45) is 0.0324. The summed E-state index contributed by atoms with van der Waals surface area (Å²) in [5.41, 5.74) is 6.01. The molecule has 1 aliphatic carbocycles. The Kier molecular flexibility index (Phi) is 3.90. The molecule has 0 atom stereocenters. The first-order chi connectivity index (χ1) is 15.3. The van der Waals surface area contributed by atoms with Crippen LogP contribution in [-0.2, 0) is 31.5 Å². The Morgan fingerprint density at radius 1 is 1.09 bits per heavy atom. The van der Waals surface area contributed by atoms with Crippen molar-refractivity contribution in [3.63, 3.8) is 0 Å². The van der Waals surface area contributed by atoms with Crippen molar-refractivity contribution < 1.29 is 18.0 Å². The van der Waals surface area contributed by atoms with E-state index < -0.39 is 11.9 Å². The molecule has 1 fully saturated rings. The van der Waals surface area contributed by atoms with E-state index in [4.69, 9.17) is 0 Å². The largest absolute Gasteiger partial charge is 0.433 e.